The first-order valence-corrected chi connectivity index (χ1v) is 13.4. The second-order valence-corrected chi connectivity index (χ2v) is 11.8. The summed E-state index contributed by atoms with van der Waals surface area (Å²) >= 11 is 19.5. The summed E-state index contributed by atoms with van der Waals surface area (Å²) in [5.74, 6) is -2.98. The third-order valence-electron chi connectivity index (χ3n) is 7.09. The largest absolute Gasteiger partial charge is 0.282 e. The number of imide groups is 1. The van der Waals surface area contributed by atoms with Gasteiger partial charge in [0, 0.05) is 15.7 Å². The summed E-state index contributed by atoms with van der Waals surface area (Å²) in [6, 6.07) is 10.1. The molecule has 0 radical (unpaired) electrons. The molecule has 12 heteroatoms. The van der Waals surface area contributed by atoms with Crippen molar-refractivity contribution in [2.24, 2.45) is 23.7 Å². The van der Waals surface area contributed by atoms with Gasteiger partial charge in [-0.25, -0.2) is 5.01 Å². The van der Waals surface area contributed by atoms with Crippen LogP contribution >= 0.6 is 55.1 Å². The number of benzene rings is 2. The van der Waals surface area contributed by atoms with Crippen LogP contribution in [0, 0.1) is 33.8 Å². The van der Waals surface area contributed by atoms with Gasteiger partial charge in [-0.2, -0.15) is 5.01 Å². The Balaban J connectivity index is 1.57. The van der Waals surface area contributed by atoms with Gasteiger partial charge in [-0.15, -0.1) is 0 Å². The van der Waals surface area contributed by atoms with Crippen molar-refractivity contribution in [1.29, 1.82) is 0 Å². The van der Waals surface area contributed by atoms with Crippen LogP contribution in [0.25, 0.3) is 0 Å². The normalized spacial score (nSPS) is 29.0. The number of nitro benzene ring substituents is 1. The number of hydrogen-bond donors (Lipinski definition) is 0. The molecule has 1 saturated heterocycles. The molecule has 35 heavy (non-hydrogen) atoms. The zero-order valence-corrected chi connectivity index (χ0v) is 22.5. The van der Waals surface area contributed by atoms with Crippen molar-refractivity contribution in [2.75, 3.05) is 0 Å². The second kappa shape index (κ2) is 9.14. The van der Waals surface area contributed by atoms with E-state index in [4.69, 9.17) is 23.2 Å². The van der Waals surface area contributed by atoms with E-state index in [2.05, 4.69) is 31.9 Å². The molecule has 1 heterocycles. The lowest BCUT2D eigenvalue weighted by Gasteiger charge is -2.31. The van der Waals surface area contributed by atoms with E-state index >= 15 is 0 Å². The number of fused-ring (bicyclic) bond motifs is 5. The van der Waals surface area contributed by atoms with Gasteiger partial charge in [0.05, 0.1) is 33.3 Å². The zero-order valence-electron chi connectivity index (χ0n) is 17.8. The summed E-state index contributed by atoms with van der Waals surface area (Å²) in [7, 11) is 0. The van der Waals surface area contributed by atoms with Crippen LogP contribution in [0.15, 0.2) is 42.5 Å². The average molecular weight is 646 g/mol. The molecule has 0 unspecified atom stereocenters. The van der Waals surface area contributed by atoms with Crippen molar-refractivity contribution in [2.45, 2.75) is 22.6 Å². The number of carbonyl (C=O) groups is 3. The second-order valence-electron chi connectivity index (χ2n) is 8.88. The molecule has 3 aliphatic rings. The van der Waals surface area contributed by atoms with E-state index in [9.17, 15) is 24.5 Å². The Morgan fingerprint density at radius 1 is 1.03 bits per heavy atom. The number of hydrogen-bond acceptors (Lipinski definition) is 5. The Bertz CT molecular complexity index is 1250. The van der Waals surface area contributed by atoms with Crippen molar-refractivity contribution >= 4 is 78.5 Å². The molecule has 1 aliphatic heterocycles. The number of rotatable bonds is 5. The highest BCUT2D eigenvalue weighted by molar-refractivity contribution is 9.12. The van der Waals surface area contributed by atoms with Crippen LogP contribution in [0.5, 0.6) is 0 Å². The van der Waals surface area contributed by atoms with Crippen LogP contribution in [0.1, 0.15) is 22.3 Å². The highest BCUT2D eigenvalue weighted by Gasteiger charge is 2.67. The quantitative estimate of drug-likeness (QED) is 0.192. The van der Waals surface area contributed by atoms with Gasteiger partial charge in [-0.3, -0.25) is 24.5 Å². The lowest BCUT2D eigenvalue weighted by molar-refractivity contribution is -0.385. The molecule has 2 bridgehead atoms. The van der Waals surface area contributed by atoms with Gasteiger partial charge in [0.25, 0.3) is 23.4 Å². The first-order valence-electron chi connectivity index (χ1n) is 10.8. The minimum atomic E-state index is -0.830. The number of nitrogens with zero attached hydrogens (tertiary/aromatic N) is 3. The molecule has 0 aromatic heterocycles. The fourth-order valence-corrected chi connectivity index (χ4v) is 7.76. The monoisotopic (exact) mass is 643 g/mol. The number of hydrazine groups is 1. The fourth-order valence-electron chi connectivity index (χ4n) is 5.57. The van der Waals surface area contributed by atoms with Gasteiger partial charge in [-0.05, 0) is 42.0 Å². The van der Waals surface area contributed by atoms with Crippen LogP contribution in [-0.4, -0.2) is 42.3 Å². The molecular formula is C23H17Br2Cl2N3O5. The Kier molecular flexibility index (Phi) is 6.44. The van der Waals surface area contributed by atoms with Gasteiger partial charge in [0.15, 0.2) is 0 Å². The Morgan fingerprint density at radius 3 is 2.20 bits per heavy atom. The molecule has 0 spiro atoms. The Labute approximate surface area is 226 Å². The van der Waals surface area contributed by atoms with Gasteiger partial charge in [0.1, 0.15) is 5.56 Å². The van der Waals surface area contributed by atoms with Gasteiger partial charge < -0.3 is 0 Å². The first kappa shape index (κ1) is 24.7. The number of para-hydroxylation sites is 1. The number of amides is 3. The third-order valence-corrected chi connectivity index (χ3v) is 11.0. The predicted octanol–water partition coefficient (Wildman–Crippen LogP) is 5.24. The standard InChI is InChI=1S/C23H17Br2Cl2N3O5/c24-19-12-8-13(20(19)25)18-17(12)22(32)29(23(18)33)28(9-10-5-6-14(26)15(27)7-10)21(31)11-3-1-2-4-16(11)30(34)35/h1-7,12-13,17-20H,8-9H2/t12-,13-,17-,18-,19-,20+/m1/s1. The van der Waals surface area contributed by atoms with E-state index in [1.54, 1.807) is 12.1 Å². The SMILES string of the molecule is O=C(c1ccccc1[N+](=O)[O-])N(Cc1ccc(Cl)c(Cl)c1)N1C(=O)[C@@H]2[C@H]3C[C@@H]([C@@H](Br)[C@H]3Br)[C@H]2C1=O. The van der Waals surface area contributed by atoms with Crippen LogP contribution in [0.4, 0.5) is 5.69 Å². The molecule has 3 fully saturated rings. The number of halogens is 4. The van der Waals surface area contributed by atoms with E-state index in [0.717, 1.165) is 16.4 Å². The molecule has 3 amide bonds. The maximum atomic E-state index is 13.7. The van der Waals surface area contributed by atoms with Gasteiger partial charge >= 0.3 is 0 Å². The summed E-state index contributed by atoms with van der Waals surface area (Å²) < 4.78 is 0. The molecule has 0 N–H and O–H groups in total. The first-order chi connectivity index (χ1) is 16.6. The summed E-state index contributed by atoms with van der Waals surface area (Å²) in [6.07, 6.45) is 0.734. The Morgan fingerprint density at radius 2 is 1.63 bits per heavy atom. The van der Waals surface area contributed by atoms with Gasteiger partial charge in [0.2, 0.25) is 0 Å². The molecule has 6 atom stereocenters. The average Bonchev–Trinajstić information content (AvgIpc) is 3.44. The maximum Gasteiger partial charge on any atom is 0.282 e. The minimum Gasteiger partial charge on any atom is -0.272 e. The number of alkyl halides is 2. The zero-order chi connectivity index (χ0) is 25.2. The van der Waals surface area contributed by atoms with Crippen LogP contribution < -0.4 is 0 Å². The molecular weight excluding hydrogens is 629 g/mol. The smallest absolute Gasteiger partial charge is 0.272 e. The van der Waals surface area contributed by atoms with Crippen molar-refractivity contribution in [3.63, 3.8) is 0 Å². The maximum absolute atomic E-state index is 13.7. The topological polar surface area (TPSA) is 101 Å². The van der Waals surface area contributed by atoms with Gasteiger partial charge in [-0.1, -0.05) is 73.3 Å². The molecule has 8 nitrogen and oxygen atoms in total. The van der Waals surface area contributed by atoms with Crippen molar-refractivity contribution in [3.05, 3.63) is 73.8 Å². The van der Waals surface area contributed by atoms with Crippen LogP contribution in [0.3, 0.4) is 0 Å². The molecule has 2 saturated carbocycles. The van der Waals surface area contributed by atoms with E-state index in [0.29, 0.717) is 10.6 Å². The molecule has 2 aliphatic carbocycles. The van der Waals surface area contributed by atoms with Crippen molar-refractivity contribution in [3.8, 4) is 0 Å². The lowest BCUT2D eigenvalue weighted by Crippen LogP contribution is -2.50. The summed E-state index contributed by atoms with van der Waals surface area (Å²) in [4.78, 5) is 52.0. The highest BCUT2D eigenvalue weighted by atomic mass is 79.9. The number of nitro groups is 1. The van der Waals surface area contributed by atoms with Crippen LogP contribution in [0.2, 0.25) is 10.0 Å². The minimum absolute atomic E-state index is 0.0277. The van der Waals surface area contributed by atoms with Crippen LogP contribution in [-0.2, 0) is 16.1 Å². The van der Waals surface area contributed by atoms with E-state index in [1.807, 2.05) is 0 Å². The predicted molar refractivity (Wildman–Crippen MR) is 135 cm³/mol. The Hall–Kier alpha value is -2.01. The lowest BCUT2D eigenvalue weighted by atomic mass is 9.81. The summed E-state index contributed by atoms with van der Waals surface area (Å²) in [5, 5.41) is 14.0. The molecule has 2 aromatic carbocycles. The highest BCUT2D eigenvalue weighted by Crippen LogP contribution is 2.60. The van der Waals surface area contributed by atoms with E-state index in [-0.39, 0.29) is 38.6 Å². The molecule has 182 valence electrons. The fraction of sp³-hybridized carbons (Fsp3) is 0.348. The summed E-state index contributed by atoms with van der Waals surface area (Å²) in [6.45, 7) is -0.205. The van der Waals surface area contributed by atoms with Crippen molar-refractivity contribution < 1.29 is 19.3 Å². The summed E-state index contributed by atoms with van der Waals surface area (Å²) in [5.41, 5.74) is -0.143. The molecule has 5 rings (SSSR count). The number of carbonyl (C=O) groups excluding carboxylic acids is 3. The van der Waals surface area contributed by atoms with Crippen molar-refractivity contribution in [1.82, 2.24) is 10.0 Å². The van der Waals surface area contributed by atoms with E-state index < -0.39 is 40.2 Å². The van der Waals surface area contributed by atoms with E-state index in [1.165, 1.54) is 30.3 Å². The molecule has 2 aromatic rings. The third kappa shape index (κ3) is 3.89.